The summed E-state index contributed by atoms with van der Waals surface area (Å²) in [4.78, 5) is 3.37. The SMILES string of the molecule is C=CCNC(=S)NC[C@H](c1ccc(OC)cc1)c1c[nH]c2ccccc12. The highest BCUT2D eigenvalue weighted by Gasteiger charge is 2.18. The molecule has 4 nitrogen and oxygen atoms in total. The van der Waals surface area contributed by atoms with Gasteiger partial charge in [0.2, 0.25) is 0 Å². The Kier molecular flexibility index (Phi) is 5.92. The fourth-order valence-electron chi connectivity index (χ4n) is 3.05. The lowest BCUT2D eigenvalue weighted by atomic mass is 9.91. The quantitative estimate of drug-likeness (QED) is 0.438. The molecule has 0 saturated heterocycles. The lowest BCUT2D eigenvalue weighted by Crippen LogP contribution is -2.37. The summed E-state index contributed by atoms with van der Waals surface area (Å²) in [5, 5.41) is 8.29. The van der Waals surface area contributed by atoms with Gasteiger partial charge < -0.3 is 20.4 Å². The van der Waals surface area contributed by atoms with Crippen molar-refractivity contribution in [3.8, 4) is 5.75 Å². The number of H-pyrrole nitrogens is 1. The Bertz CT molecular complexity index is 886. The van der Waals surface area contributed by atoms with Crippen LogP contribution in [0.1, 0.15) is 17.0 Å². The highest BCUT2D eigenvalue weighted by Crippen LogP contribution is 2.31. The number of methoxy groups -OCH3 is 1. The molecule has 3 N–H and O–H groups in total. The zero-order chi connectivity index (χ0) is 18.4. The van der Waals surface area contributed by atoms with E-state index in [-0.39, 0.29) is 5.92 Å². The molecule has 134 valence electrons. The van der Waals surface area contributed by atoms with Crippen molar-refractivity contribution < 1.29 is 4.74 Å². The molecule has 0 unspecified atom stereocenters. The predicted molar refractivity (Wildman–Crippen MR) is 112 cm³/mol. The second-order valence-electron chi connectivity index (χ2n) is 5.99. The highest BCUT2D eigenvalue weighted by atomic mass is 32.1. The molecule has 0 bridgehead atoms. The van der Waals surface area contributed by atoms with Crippen molar-refractivity contribution in [2.24, 2.45) is 0 Å². The van der Waals surface area contributed by atoms with Gasteiger partial charge in [-0.1, -0.05) is 36.4 Å². The van der Waals surface area contributed by atoms with Gasteiger partial charge in [0.25, 0.3) is 0 Å². The first kappa shape index (κ1) is 18.0. The minimum absolute atomic E-state index is 0.153. The van der Waals surface area contributed by atoms with E-state index in [1.54, 1.807) is 13.2 Å². The molecule has 5 heteroatoms. The Hall–Kier alpha value is -2.79. The first-order valence-electron chi connectivity index (χ1n) is 8.55. The molecule has 1 heterocycles. The van der Waals surface area contributed by atoms with Gasteiger partial charge in [-0.2, -0.15) is 0 Å². The van der Waals surface area contributed by atoms with E-state index in [0.29, 0.717) is 18.2 Å². The van der Waals surface area contributed by atoms with E-state index in [1.165, 1.54) is 16.5 Å². The molecular weight excluding hydrogens is 342 g/mol. The van der Waals surface area contributed by atoms with Gasteiger partial charge in [-0.05, 0) is 41.5 Å². The number of aromatic nitrogens is 1. The van der Waals surface area contributed by atoms with Gasteiger partial charge in [0.1, 0.15) is 5.75 Å². The van der Waals surface area contributed by atoms with Gasteiger partial charge in [-0.3, -0.25) is 0 Å². The molecule has 0 fully saturated rings. The Morgan fingerprint density at radius 2 is 1.96 bits per heavy atom. The zero-order valence-electron chi connectivity index (χ0n) is 14.8. The second-order valence-corrected chi connectivity index (χ2v) is 6.40. The zero-order valence-corrected chi connectivity index (χ0v) is 15.6. The summed E-state index contributed by atoms with van der Waals surface area (Å²) >= 11 is 5.35. The third kappa shape index (κ3) is 4.06. The second kappa shape index (κ2) is 8.54. The maximum Gasteiger partial charge on any atom is 0.166 e. The standard InChI is InChI=1S/C21H23N3OS/c1-3-12-22-21(26)24-13-18(15-8-10-16(25-2)11-9-15)19-14-23-20-7-5-4-6-17(19)20/h3-11,14,18,23H,1,12-13H2,2H3,(H2,22,24,26)/t18-/m1/s1. The maximum absolute atomic E-state index is 5.35. The third-order valence-electron chi connectivity index (χ3n) is 4.39. The van der Waals surface area contributed by atoms with Crippen LogP contribution in [0.25, 0.3) is 10.9 Å². The van der Waals surface area contributed by atoms with Gasteiger partial charge in [-0.25, -0.2) is 0 Å². The van der Waals surface area contributed by atoms with Crippen LogP contribution < -0.4 is 15.4 Å². The molecule has 0 aliphatic rings. The number of para-hydroxylation sites is 1. The topological polar surface area (TPSA) is 49.1 Å². The van der Waals surface area contributed by atoms with E-state index in [4.69, 9.17) is 17.0 Å². The van der Waals surface area contributed by atoms with Gasteiger partial charge in [-0.15, -0.1) is 6.58 Å². The van der Waals surface area contributed by atoms with Crippen molar-refractivity contribution in [3.63, 3.8) is 0 Å². The van der Waals surface area contributed by atoms with E-state index in [9.17, 15) is 0 Å². The maximum atomic E-state index is 5.35. The molecule has 3 rings (SSSR count). The molecule has 0 radical (unpaired) electrons. The largest absolute Gasteiger partial charge is 0.497 e. The normalized spacial score (nSPS) is 11.7. The number of ether oxygens (including phenoxy) is 1. The molecule has 3 aromatic rings. The summed E-state index contributed by atoms with van der Waals surface area (Å²) in [6, 6.07) is 16.5. The van der Waals surface area contributed by atoms with Crippen molar-refractivity contribution in [2.45, 2.75) is 5.92 Å². The average molecular weight is 366 g/mol. The number of hydrogen-bond donors (Lipinski definition) is 3. The highest BCUT2D eigenvalue weighted by molar-refractivity contribution is 7.80. The van der Waals surface area contributed by atoms with E-state index >= 15 is 0 Å². The first-order valence-corrected chi connectivity index (χ1v) is 8.96. The lowest BCUT2D eigenvalue weighted by Gasteiger charge is -2.20. The summed E-state index contributed by atoms with van der Waals surface area (Å²) in [6.45, 7) is 5.04. The number of hydrogen-bond acceptors (Lipinski definition) is 2. The smallest absolute Gasteiger partial charge is 0.166 e. The Balaban J connectivity index is 1.90. The Morgan fingerprint density at radius 3 is 2.69 bits per heavy atom. The summed E-state index contributed by atoms with van der Waals surface area (Å²) in [6.07, 6.45) is 3.87. The number of aromatic amines is 1. The number of rotatable bonds is 7. The van der Waals surface area contributed by atoms with Crippen LogP contribution in [0.2, 0.25) is 0 Å². The minimum Gasteiger partial charge on any atom is -0.497 e. The van der Waals surface area contributed by atoms with E-state index in [1.807, 2.05) is 18.2 Å². The fraction of sp³-hybridized carbons (Fsp3) is 0.190. The first-order chi connectivity index (χ1) is 12.7. The molecule has 0 amide bonds. The van der Waals surface area contributed by atoms with Crippen LogP contribution in [0.4, 0.5) is 0 Å². The third-order valence-corrected chi connectivity index (χ3v) is 4.68. The number of fused-ring (bicyclic) bond motifs is 1. The van der Waals surface area contributed by atoms with Crippen LogP contribution in [0.5, 0.6) is 5.75 Å². The van der Waals surface area contributed by atoms with E-state index in [0.717, 1.165) is 11.3 Å². The van der Waals surface area contributed by atoms with Crippen molar-refractivity contribution in [2.75, 3.05) is 20.2 Å². The fourth-order valence-corrected chi connectivity index (χ4v) is 3.21. The predicted octanol–water partition coefficient (Wildman–Crippen LogP) is 3.96. The minimum atomic E-state index is 0.153. The van der Waals surface area contributed by atoms with Gasteiger partial charge in [0.15, 0.2) is 5.11 Å². The summed E-state index contributed by atoms with van der Waals surface area (Å²) in [5.74, 6) is 1.00. The van der Waals surface area contributed by atoms with Crippen LogP contribution in [-0.4, -0.2) is 30.3 Å². The molecule has 2 aromatic carbocycles. The summed E-state index contributed by atoms with van der Waals surface area (Å²) in [5.41, 5.74) is 3.58. The van der Waals surface area contributed by atoms with Crippen LogP contribution in [-0.2, 0) is 0 Å². The van der Waals surface area contributed by atoms with Crippen LogP contribution >= 0.6 is 12.2 Å². The summed E-state index contributed by atoms with van der Waals surface area (Å²) < 4.78 is 5.29. The molecule has 0 spiro atoms. The molecule has 0 saturated carbocycles. The van der Waals surface area contributed by atoms with Crippen LogP contribution in [0, 0.1) is 0 Å². The molecule has 0 aliphatic carbocycles. The van der Waals surface area contributed by atoms with E-state index in [2.05, 4.69) is 58.7 Å². The van der Waals surface area contributed by atoms with Gasteiger partial charge in [0.05, 0.1) is 7.11 Å². The van der Waals surface area contributed by atoms with Crippen LogP contribution in [0.15, 0.2) is 67.4 Å². The Labute approximate surface area is 159 Å². The number of nitrogens with one attached hydrogen (secondary N) is 3. The Morgan fingerprint density at radius 1 is 1.19 bits per heavy atom. The lowest BCUT2D eigenvalue weighted by molar-refractivity contribution is 0.414. The van der Waals surface area contributed by atoms with E-state index < -0.39 is 0 Å². The monoisotopic (exact) mass is 365 g/mol. The van der Waals surface area contributed by atoms with Crippen LogP contribution in [0.3, 0.4) is 0 Å². The van der Waals surface area contributed by atoms with Crippen molar-refractivity contribution in [3.05, 3.63) is 78.5 Å². The molecular formula is C21H23N3OS. The average Bonchev–Trinajstić information content (AvgIpc) is 3.11. The van der Waals surface area contributed by atoms with Gasteiger partial charge >= 0.3 is 0 Å². The van der Waals surface area contributed by atoms with Crippen molar-refractivity contribution in [1.29, 1.82) is 0 Å². The van der Waals surface area contributed by atoms with Crippen molar-refractivity contribution in [1.82, 2.24) is 15.6 Å². The van der Waals surface area contributed by atoms with Gasteiger partial charge in [0, 0.05) is 36.1 Å². The molecule has 1 aromatic heterocycles. The molecule has 26 heavy (non-hydrogen) atoms. The number of thiocarbonyl (C=S) groups is 1. The molecule has 0 aliphatic heterocycles. The van der Waals surface area contributed by atoms with Crippen molar-refractivity contribution >= 4 is 28.2 Å². The summed E-state index contributed by atoms with van der Waals surface area (Å²) in [7, 11) is 1.68. The number of benzene rings is 2. The molecule has 1 atom stereocenters.